The molecule has 8 nitrogen and oxygen atoms in total. The molecule has 3 aromatic rings. The van der Waals surface area contributed by atoms with Crippen LogP contribution in [0, 0.1) is 34.9 Å². The Balaban J connectivity index is 1.37. The number of carbonyl (C=O) groups excluding carboxylic acids is 4. The molecule has 1 saturated carbocycles. The van der Waals surface area contributed by atoms with Gasteiger partial charge in [0.05, 0.1) is 57.8 Å². The smallest absolute Gasteiger partial charge is 0.416 e. The van der Waals surface area contributed by atoms with Gasteiger partial charge in [0, 0.05) is 5.92 Å². The first-order valence-corrected chi connectivity index (χ1v) is 16.2. The van der Waals surface area contributed by atoms with E-state index in [1.165, 1.54) is 31.4 Å². The highest BCUT2D eigenvalue weighted by atomic mass is 35.5. The molecule has 0 spiro atoms. The predicted molar refractivity (Wildman–Crippen MR) is 170 cm³/mol. The van der Waals surface area contributed by atoms with Gasteiger partial charge >= 0.3 is 12.4 Å². The van der Waals surface area contributed by atoms with Crippen molar-refractivity contribution in [2.24, 2.45) is 29.1 Å². The summed E-state index contributed by atoms with van der Waals surface area (Å²) in [7, 11) is 1.29. The van der Waals surface area contributed by atoms with E-state index < -0.39 is 93.6 Å². The molecule has 0 bridgehead atoms. The van der Waals surface area contributed by atoms with Crippen molar-refractivity contribution in [2.45, 2.75) is 38.0 Å². The number of hydrogen-bond acceptors (Lipinski definition) is 6. The third kappa shape index (κ3) is 5.18. The molecule has 3 aromatic carbocycles. The number of halogens is 8. The van der Waals surface area contributed by atoms with Crippen molar-refractivity contribution in [2.75, 3.05) is 16.9 Å². The van der Waals surface area contributed by atoms with Crippen LogP contribution in [0.3, 0.4) is 0 Å². The van der Waals surface area contributed by atoms with Crippen LogP contribution >= 0.6 is 11.6 Å². The normalized spacial score (nSPS) is 27.4. The Kier molecular flexibility index (Phi) is 8.05. The van der Waals surface area contributed by atoms with Gasteiger partial charge in [0.1, 0.15) is 5.82 Å². The van der Waals surface area contributed by atoms with E-state index in [0.717, 1.165) is 17.0 Å². The molecule has 2 aliphatic heterocycles. The zero-order chi connectivity index (χ0) is 37.8. The molecule has 0 radical (unpaired) electrons. The van der Waals surface area contributed by atoms with Crippen LogP contribution in [0.25, 0.3) is 0 Å². The number of rotatable bonds is 4. The second kappa shape index (κ2) is 11.8. The predicted octanol–water partition coefficient (Wildman–Crippen LogP) is 7.67. The van der Waals surface area contributed by atoms with Crippen LogP contribution < -0.4 is 14.5 Å². The van der Waals surface area contributed by atoms with Crippen LogP contribution in [0.1, 0.15) is 42.4 Å². The Morgan fingerprint density at radius 1 is 0.827 bits per heavy atom. The van der Waals surface area contributed by atoms with Crippen LogP contribution in [0.4, 0.5) is 42.1 Å². The maximum atomic E-state index is 14.5. The fraction of sp³-hybridized carbons (Fsp3) is 0.333. The van der Waals surface area contributed by atoms with Crippen LogP contribution in [-0.2, 0) is 31.5 Å². The molecule has 16 heteroatoms. The lowest BCUT2D eigenvalue weighted by molar-refractivity contribution is -0.143. The number of nitrogens with zero attached hydrogens (tertiary/aromatic N) is 2. The average molecular weight is 751 g/mol. The lowest BCUT2D eigenvalue weighted by Gasteiger charge is -2.49. The van der Waals surface area contributed by atoms with E-state index in [2.05, 4.69) is 0 Å². The Bertz CT molecular complexity index is 2080. The van der Waals surface area contributed by atoms with Gasteiger partial charge in [-0.2, -0.15) is 26.3 Å². The van der Waals surface area contributed by atoms with Gasteiger partial charge in [-0.3, -0.25) is 19.2 Å². The molecule has 52 heavy (non-hydrogen) atoms. The molecular formula is C36H26ClF7N2O6. The number of methoxy groups -OCH3 is 1. The summed E-state index contributed by atoms with van der Waals surface area (Å²) in [6, 6.07) is 8.03. The number of fused-ring (bicyclic) bond motifs is 4. The van der Waals surface area contributed by atoms with Gasteiger partial charge in [-0.05, 0) is 79.8 Å². The molecule has 2 saturated heterocycles. The third-order valence-electron chi connectivity index (χ3n) is 10.8. The van der Waals surface area contributed by atoms with Gasteiger partial charge in [0.15, 0.2) is 11.5 Å². The van der Waals surface area contributed by atoms with Gasteiger partial charge < -0.3 is 9.84 Å². The summed E-state index contributed by atoms with van der Waals surface area (Å²) < 4.78 is 102. The van der Waals surface area contributed by atoms with Crippen molar-refractivity contribution in [3.63, 3.8) is 0 Å². The molecule has 7 rings (SSSR count). The Hall–Kier alpha value is -4.92. The highest BCUT2D eigenvalue weighted by molar-refractivity contribution is 6.32. The summed E-state index contributed by atoms with van der Waals surface area (Å²) in [5.41, 5.74) is -5.12. The lowest BCUT2D eigenvalue weighted by Crippen LogP contribution is -2.48. The second-order valence-electron chi connectivity index (χ2n) is 13.5. The fourth-order valence-corrected chi connectivity index (χ4v) is 8.64. The number of imide groups is 2. The maximum absolute atomic E-state index is 14.5. The number of benzene rings is 3. The summed E-state index contributed by atoms with van der Waals surface area (Å²) in [5.74, 6) is -10.2. The zero-order valence-corrected chi connectivity index (χ0v) is 27.7. The van der Waals surface area contributed by atoms with Crippen LogP contribution in [0.5, 0.6) is 11.5 Å². The minimum atomic E-state index is -5.24. The standard InChI is InChI=1S/C36H26ClF7N2O6/c1-34-23(31(49)46(33(34)51)18-4-7-25(38)24(37)13-18)14-22-20(29(34)15-3-8-26(47)27(9-15)52-2)5-6-21-28(22)32(50)45(30(21)48)19-11-16(35(39,40)41)10-17(12-19)36(42,43)44/h3-5,7-13,21-23,28-29,47H,6,14H2,1-2H3. The summed E-state index contributed by atoms with van der Waals surface area (Å²) in [6.07, 6.45) is -9.23. The number of carbonyl (C=O) groups is 4. The topological polar surface area (TPSA) is 104 Å². The summed E-state index contributed by atoms with van der Waals surface area (Å²) in [5, 5.41) is 10.0. The molecule has 6 atom stereocenters. The molecule has 2 heterocycles. The van der Waals surface area contributed by atoms with E-state index in [9.17, 15) is 55.0 Å². The number of phenols is 1. The third-order valence-corrected chi connectivity index (χ3v) is 11.1. The lowest BCUT2D eigenvalue weighted by atomic mass is 9.51. The number of ether oxygens (including phenoxy) is 1. The number of aromatic hydroxyl groups is 1. The van der Waals surface area contributed by atoms with Crippen molar-refractivity contribution in [3.05, 3.63) is 93.8 Å². The molecule has 2 aliphatic carbocycles. The molecule has 4 aliphatic rings. The maximum Gasteiger partial charge on any atom is 0.416 e. The number of allylic oxidation sites excluding steroid dienone is 2. The van der Waals surface area contributed by atoms with E-state index in [-0.39, 0.29) is 41.1 Å². The summed E-state index contributed by atoms with van der Waals surface area (Å²) in [4.78, 5) is 58.0. The first-order valence-electron chi connectivity index (χ1n) is 15.9. The summed E-state index contributed by atoms with van der Waals surface area (Å²) in [6.45, 7) is 1.55. The average Bonchev–Trinajstić information content (AvgIpc) is 3.44. The van der Waals surface area contributed by atoms with E-state index in [1.54, 1.807) is 13.0 Å². The second-order valence-corrected chi connectivity index (χ2v) is 13.9. The molecule has 272 valence electrons. The van der Waals surface area contributed by atoms with Gasteiger partial charge in [-0.1, -0.05) is 29.3 Å². The highest BCUT2D eigenvalue weighted by Gasteiger charge is 2.67. The van der Waals surface area contributed by atoms with Gasteiger partial charge in [-0.15, -0.1) is 0 Å². The molecule has 0 aromatic heterocycles. The monoisotopic (exact) mass is 750 g/mol. The molecule has 1 N–H and O–H groups in total. The number of amides is 4. The summed E-state index contributed by atoms with van der Waals surface area (Å²) >= 11 is 6.00. The first kappa shape index (κ1) is 35.5. The van der Waals surface area contributed by atoms with Crippen molar-refractivity contribution >= 4 is 46.6 Å². The van der Waals surface area contributed by atoms with E-state index in [1.807, 2.05) is 0 Å². The number of hydrogen-bond donors (Lipinski definition) is 1. The SMILES string of the molecule is COc1cc(C2C3=CCC4C(=O)N(c5cc(C(F)(F)F)cc(C(F)(F)F)c5)C(=O)C4C3CC3C(=O)N(c4ccc(F)c(Cl)c4)C(=O)C32C)ccc1O. The minimum Gasteiger partial charge on any atom is -0.504 e. The number of alkyl halides is 6. The molecule has 4 amide bonds. The van der Waals surface area contributed by atoms with Crippen LogP contribution in [-0.4, -0.2) is 35.8 Å². The van der Waals surface area contributed by atoms with Crippen LogP contribution in [0.15, 0.2) is 66.2 Å². The fourth-order valence-electron chi connectivity index (χ4n) is 8.46. The number of phenolic OH excluding ortho intramolecular Hbond substituents is 1. The van der Waals surface area contributed by atoms with Gasteiger partial charge in [0.2, 0.25) is 23.6 Å². The van der Waals surface area contributed by atoms with E-state index in [4.69, 9.17) is 16.3 Å². The first-order chi connectivity index (χ1) is 24.3. The highest BCUT2D eigenvalue weighted by Crippen LogP contribution is 2.64. The van der Waals surface area contributed by atoms with Crippen molar-refractivity contribution in [1.82, 2.24) is 0 Å². The Morgan fingerprint density at radius 3 is 2.08 bits per heavy atom. The Labute approximate surface area is 295 Å². The van der Waals surface area contributed by atoms with Crippen molar-refractivity contribution < 1.29 is 59.8 Å². The van der Waals surface area contributed by atoms with E-state index >= 15 is 0 Å². The largest absolute Gasteiger partial charge is 0.504 e. The molecule has 6 unspecified atom stereocenters. The molecular weight excluding hydrogens is 725 g/mol. The Morgan fingerprint density at radius 2 is 1.48 bits per heavy atom. The van der Waals surface area contributed by atoms with Gasteiger partial charge in [-0.25, -0.2) is 14.2 Å². The number of anilines is 2. The molecule has 3 fully saturated rings. The van der Waals surface area contributed by atoms with Gasteiger partial charge in [0.25, 0.3) is 0 Å². The van der Waals surface area contributed by atoms with Crippen molar-refractivity contribution in [3.8, 4) is 11.5 Å². The minimum absolute atomic E-state index is 0.0105. The van der Waals surface area contributed by atoms with Crippen molar-refractivity contribution in [1.29, 1.82) is 0 Å². The van der Waals surface area contributed by atoms with E-state index in [0.29, 0.717) is 28.2 Å². The zero-order valence-electron chi connectivity index (χ0n) is 27.0. The van der Waals surface area contributed by atoms with Crippen LogP contribution in [0.2, 0.25) is 5.02 Å². The quantitative estimate of drug-likeness (QED) is 0.167.